The van der Waals surface area contributed by atoms with Gasteiger partial charge in [0.15, 0.2) is 0 Å². The number of aliphatic carboxylic acids is 1. The van der Waals surface area contributed by atoms with E-state index >= 15 is 0 Å². The minimum absolute atomic E-state index is 0.103. The molecule has 1 atom stereocenters. The van der Waals surface area contributed by atoms with Gasteiger partial charge in [0.05, 0.1) is 13.5 Å². The fourth-order valence-electron chi connectivity index (χ4n) is 1.75. The van der Waals surface area contributed by atoms with Gasteiger partial charge in [0.1, 0.15) is 11.8 Å². The van der Waals surface area contributed by atoms with Crippen molar-refractivity contribution in [2.45, 2.75) is 31.5 Å². The van der Waals surface area contributed by atoms with Crippen molar-refractivity contribution in [2.24, 2.45) is 0 Å². The second kappa shape index (κ2) is 7.67. The highest BCUT2D eigenvalue weighted by Crippen LogP contribution is 2.21. The van der Waals surface area contributed by atoms with Crippen LogP contribution < -0.4 is 10.1 Å². The Morgan fingerprint density at radius 2 is 1.86 bits per heavy atom. The van der Waals surface area contributed by atoms with Crippen LogP contribution >= 0.6 is 0 Å². The van der Waals surface area contributed by atoms with E-state index in [1.54, 1.807) is 24.3 Å². The molecule has 1 rings (SSSR count). The second-order valence-electron chi connectivity index (χ2n) is 4.63. The standard InChI is InChI=1S/C14H16F3NO4/c1-22-10-5-2-9(3-6-10)4-7-12(19)18-11(13(20)21)8-14(15,16)17/h2-3,5-6,11H,4,7-8H2,1H3,(H,18,19)(H,20,21). The summed E-state index contributed by atoms with van der Waals surface area (Å²) in [5, 5.41) is 10.6. The summed E-state index contributed by atoms with van der Waals surface area (Å²) in [6.45, 7) is 0. The van der Waals surface area contributed by atoms with E-state index in [9.17, 15) is 22.8 Å². The lowest BCUT2D eigenvalue weighted by molar-refractivity contribution is -0.160. The molecular formula is C14H16F3NO4. The van der Waals surface area contributed by atoms with Crippen LogP contribution in [0.2, 0.25) is 0 Å². The zero-order valence-corrected chi connectivity index (χ0v) is 11.8. The lowest BCUT2D eigenvalue weighted by Crippen LogP contribution is -2.43. The van der Waals surface area contributed by atoms with Crippen molar-refractivity contribution in [3.63, 3.8) is 0 Å². The van der Waals surface area contributed by atoms with Gasteiger partial charge >= 0.3 is 12.1 Å². The number of alkyl halides is 3. The summed E-state index contributed by atoms with van der Waals surface area (Å²) in [5.41, 5.74) is 0.790. The molecule has 8 heteroatoms. The third kappa shape index (κ3) is 6.47. The van der Waals surface area contributed by atoms with Gasteiger partial charge in [-0.15, -0.1) is 0 Å². The molecule has 0 fully saturated rings. The van der Waals surface area contributed by atoms with E-state index < -0.39 is 30.5 Å². The third-order valence-corrected chi connectivity index (χ3v) is 2.87. The Hall–Kier alpha value is -2.25. The molecule has 1 amide bonds. The SMILES string of the molecule is COc1ccc(CCC(=O)NC(CC(F)(F)F)C(=O)O)cc1. The van der Waals surface area contributed by atoms with Gasteiger partial charge < -0.3 is 15.2 Å². The van der Waals surface area contributed by atoms with Crippen LogP contribution in [0.3, 0.4) is 0 Å². The Morgan fingerprint density at radius 1 is 1.27 bits per heavy atom. The van der Waals surface area contributed by atoms with Crippen LogP contribution in [0.15, 0.2) is 24.3 Å². The number of carbonyl (C=O) groups is 2. The van der Waals surface area contributed by atoms with E-state index in [0.29, 0.717) is 5.75 Å². The predicted molar refractivity (Wildman–Crippen MR) is 71.6 cm³/mol. The number of ether oxygens (including phenoxy) is 1. The molecule has 0 aliphatic heterocycles. The van der Waals surface area contributed by atoms with Gasteiger partial charge in [0, 0.05) is 6.42 Å². The van der Waals surface area contributed by atoms with Gasteiger partial charge in [-0.3, -0.25) is 4.79 Å². The number of carbonyl (C=O) groups excluding carboxylic acids is 1. The molecule has 0 spiro atoms. The highest BCUT2D eigenvalue weighted by atomic mass is 19.4. The number of rotatable bonds is 7. The maximum atomic E-state index is 12.2. The number of aryl methyl sites for hydroxylation is 1. The molecule has 0 aliphatic rings. The van der Waals surface area contributed by atoms with Crippen molar-refractivity contribution in [3.8, 4) is 5.75 Å². The number of carboxylic acid groups (broad SMARTS) is 1. The number of hydrogen-bond donors (Lipinski definition) is 2. The highest BCUT2D eigenvalue weighted by Gasteiger charge is 2.36. The Bertz CT molecular complexity index is 514. The van der Waals surface area contributed by atoms with Crippen molar-refractivity contribution in [1.29, 1.82) is 0 Å². The summed E-state index contributed by atoms with van der Waals surface area (Å²) >= 11 is 0. The van der Waals surface area contributed by atoms with Gasteiger partial charge in [0.2, 0.25) is 5.91 Å². The number of carboxylic acids is 1. The van der Waals surface area contributed by atoms with Crippen LogP contribution in [0.25, 0.3) is 0 Å². The van der Waals surface area contributed by atoms with E-state index in [0.717, 1.165) is 5.56 Å². The molecule has 0 bridgehead atoms. The maximum Gasteiger partial charge on any atom is 0.391 e. The van der Waals surface area contributed by atoms with Crippen molar-refractivity contribution in [3.05, 3.63) is 29.8 Å². The molecule has 0 saturated carbocycles. The quantitative estimate of drug-likeness (QED) is 0.807. The maximum absolute atomic E-state index is 12.2. The average molecular weight is 319 g/mol. The summed E-state index contributed by atoms with van der Waals surface area (Å²) in [4.78, 5) is 22.3. The molecule has 22 heavy (non-hydrogen) atoms. The summed E-state index contributed by atoms with van der Waals surface area (Å²) in [6, 6.07) is 4.85. The zero-order chi connectivity index (χ0) is 16.8. The van der Waals surface area contributed by atoms with Crippen molar-refractivity contribution in [1.82, 2.24) is 5.32 Å². The molecule has 0 saturated heterocycles. The minimum Gasteiger partial charge on any atom is -0.497 e. The van der Waals surface area contributed by atoms with Gasteiger partial charge in [-0.05, 0) is 24.1 Å². The third-order valence-electron chi connectivity index (χ3n) is 2.87. The molecule has 1 aromatic carbocycles. The Balaban J connectivity index is 2.51. The fourth-order valence-corrected chi connectivity index (χ4v) is 1.75. The van der Waals surface area contributed by atoms with Crippen LogP contribution in [-0.4, -0.2) is 36.3 Å². The Labute approximate surface area is 125 Å². The van der Waals surface area contributed by atoms with Crippen LogP contribution in [0, 0.1) is 0 Å². The number of hydrogen-bond acceptors (Lipinski definition) is 3. The number of methoxy groups -OCH3 is 1. The van der Waals surface area contributed by atoms with Crippen molar-refractivity contribution in [2.75, 3.05) is 7.11 Å². The summed E-state index contributed by atoms with van der Waals surface area (Å²) in [7, 11) is 1.51. The predicted octanol–water partition coefficient (Wildman–Crippen LogP) is 2.15. The molecule has 1 unspecified atom stereocenters. The smallest absolute Gasteiger partial charge is 0.391 e. The number of nitrogens with one attached hydrogen (secondary N) is 1. The number of halogens is 3. The first kappa shape index (κ1) is 17.8. The first-order chi connectivity index (χ1) is 10.2. The van der Waals surface area contributed by atoms with E-state index in [-0.39, 0.29) is 12.8 Å². The molecule has 0 radical (unpaired) electrons. The largest absolute Gasteiger partial charge is 0.497 e. The molecule has 122 valence electrons. The first-order valence-corrected chi connectivity index (χ1v) is 6.43. The summed E-state index contributed by atoms with van der Waals surface area (Å²) in [6.07, 6.45) is -6.08. The molecule has 1 aromatic rings. The lowest BCUT2D eigenvalue weighted by atomic mass is 10.1. The van der Waals surface area contributed by atoms with Gasteiger partial charge in [-0.25, -0.2) is 4.79 Å². The fraction of sp³-hybridized carbons (Fsp3) is 0.429. The van der Waals surface area contributed by atoms with Crippen LogP contribution in [-0.2, 0) is 16.0 Å². The molecule has 0 heterocycles. The van der Waals surface area contributed by atoms with Gasteiger partial charge in [-0.1, -0.05) is 12.1 Å². The normalized spacial score (nSPS) is 12.5. The van der Waals surface area contributed by atoms with E-state index in [2.05, 4.69) is 0 Å². The molecule has 0 aromatic heterocycles. The van der Waals surface area contributed by atoms with Gasteiger partial charge in [-0.2, -0.15) is 13.2 Å². The Kier molecular flexibility index (Phi) is 6.21. The summed E-state index contributed by atoms with van der Waals surface area (Å²) < 4.78 is 41.6. The van der Waals surface area contributed by atoms with Crippen molar-refractivity contribution < 1.29 is 32.6 Å². The topological polar surface area (TPSA) is 75.6 Å². The Morgan fingerprint density at radius 3 is 2.32 bits per heavy atom. The monoisotopic (exact) mass is 319 g/mol. The van der Waals surface area contributed by atoms with E-state index in [1.165, 1.54) is 7.11 Å². The van der Waals surface area contributed by atoms with E-state index in [1.807, 2.05) is 5.32 Å². The minimum atomic E-state index is -4.66. The molecule has 5 nitrogen and oxygen atoms in total. The molecular weight excluding hydrogens is 303 g/mol. The number of amides is 1. The molecule has 2 N–H and O–H groups in total. The van der Waals surface area contributed by atoms with Crippen LogP contribution in [0.5, 0.6) is 5.75 Å². The van der Waals surface area contributed by atoms with Crippen LogP contribution in [0.4, 0.5) is 13.2 Å². The van der Waals surface area contributed by atoms with Crippen molar-refractivity contribution >= 4 is 11.9 Å². The zero-order valence-electron chi connectivity index (χ0n) is 11.8. The van der Waals surface area contributed by atoms with Gasteiger partial charge in [0.25, 0.3) is 0 Å². The average Bonchev–Trinajstić information content (AvgIpc) is 2.43. The second-order valence-corrected chi connectivity index (χ2v) is 4.63. The van der Waals surface area contributed by atoms with E-state index in [4.69, 9.17) is 9.84 Å². The van der Waals surface area contributed by atoms with Crippen LogP contribution in [0.1, 0.15) is 18.4 Å². The lowest BCUT2D eigenvalue weighted by Gasteiger charge is -2.16. The summed E-state index contributed by atoms with van der Waals surface area (Å²) in [5.74, 6) is -1.81. The molecule has 0 aliphatic carbocycles. The number of benzene rings is 1. The highest BCUT2D eigenvalue weighted by molar-refractivity contribution is 5.83. The first-order valence-electron chi connectivity index (χ1n) is 6.43.